The Kier molecular flexibility index (Phi) is 3.43. The predicted octanol–water partition coefficient (Wildman–Crippen LogP) is 2.59. The summed E-state index contributed by atoms with van der Waals surface area (Å²) in [6, 6.07) is 0. The van der Waals surface area contributed by atoms with Gasteiger partial charge in [-0.25, -0.2) is 0 Å². The third kappa shape index (κ3) is 2.43. The molecule has 1 aliphatic carbocycles. The van der Waals surface area contributed by atoms with Crippen molar-refractivity contribution in [3.63, 3.8) is 0 Å². The summed E-state index contributed by atoms with van der Waals surface area (Å²) in [5.41, 5.74) is 0. The fraction of sp³-hybridized carbons (Fsp3) is 0.750. The maximum Gasteiger partial charge on any atom is 0.0851 e. The van der Waals surface area contributed by atoms with Crippen molar-refractivity contribution in [2.24, 2.45) is 0 Å². The molecular weight excluding hydrogens is 192 g/mol. The molecule has 1 rings (SSSR count). The summed E-state index contributed by atoms with van der Waals surface area (Å²) in [6.45, 7) is 0. The van der Waals surface area contributed by atoms with Gasteiger partial charge in [-0.15, -0.1) is 0 Å². The molecule has 58 valence electrons. The second-order valence-corrected chi connectivity index (χ2v) is 3.66. The van der Waals surface area contributed by atoms with Crippen LogP contribution in [-0.2, 0) is 0 Å². The van der Waals surface area contributed by atoms with Crippen LogP contribution >= 0.6 is 15.9 Å². The fourth-order valence-corrected chi connectivity index (χ4v) is 1.63. The lowest BCUT2D eigenvalue weighted by atomic mass is 10.0. The van der Waals surface area contributed by atoms with Gasteiger partial charge in [0.25, 0.3) is 0 Å². The molecule has 1 N–H and O–H groups in total. The lowest BCUT2D eigenvalue weighted by molar-refractivity contribution is 0.203. The van der Waals surface area contributed by atoms with Crippen molar-refractivity contribution < 1.29 is 5.11 Å². The van der Waals surface area contributed by atoms with Gasteiger partial charge >= 0.3 is 0 Å². The van der Waals surface area contributed by atoms with Gasteiger partial charge in [0.05, 0.1) is 6.10 Å². The minimum absolute atomic E-state index is 0.236. The minimum atomic E-state index is -0.236. The summed E-state index contributed by atoms with van der Waals surface area (Å²) in [5, 5.41) is 9.37. The molecule has 0 fully saturated rings. The van der Waals surface area contributed by atoms with E-state index in [9.17, 15) is 5.11 Å². The molecule has 0 aromatic rings. The van der Waals surface area contributed by atoms with E-state index >= 15 is 0 Å². The molecule has 0 saturated heterocycles. The van der Waals surface area contributed by atoms with Crippen LogP contribution in [0.1, 0.15) is 32.1 Å². The Hall–Kier alpha value is 0.180. The fourth-order valence-electron chi connectivity index (χ4n) is 1.17. The summed E-state index contributed by atoms with van der Waals surface area (Å²) < 4.78 is 0.979. The first-order valence-electron chi connectivity index (χ1n) is 3.84. The lowest BCUT2D eigenvalue weighted by Gasteiger charge is -2.12. The van der Waals surface area contributed by atoms with Gasteiger partial charge in [-0.05, 0) is 19.3 Å². The third-order valence-electron chi connectivity index (χ3n) is 1.84. The molecule has 1 nitrogen and oxygen atoms in total. The maximum atomic E-state index is 9.37. The number of aliphatic hydroxyl groups is 1. The van der Waals surface area contributed by atoms with Gasteiger partial charge in [-0.3, -0.25) is 0 Å². The molecule has 0 aliphatic heterocycles. The van der Waals surface area contributed by atoms with Gasteiger partial charge < -0.3 is 5.11 Å². The summed E-state index contributed by atoms with van der Waals surface area (Å²) in [4.78, 5) is 0. The second-order valence-electron chi connectivity index (χ2n) is 2.74. The Morgan fingerprint density at radius 1 is 1.40 bits per heavy atom. The number of aliphatic hydroxyl groups excluding tert-OH is 1. The van der Waals surface area contributed by atoms with Crippen molar-refractivity contribution >= 4 is 15.9 Å². The first-order valence-corrected chi connectivity index (χ1v) is 4.63. The van der Waals surface area contributed by atoms with Crippen LogP contribution < -0.4 is 0 Å². The Bertz CT molecular complexity index is 131. The van der Waals surface area contributed by atoms with E-state index in [0.29, 0.717) is 0 Å². The monoisotopic (exact) mass is 204 g/mol. The normalized spacial score (nSPS) is 28.6. The maximum absolute atomic E-state index is 9.37. The van der Waals surface area contributed by atoms with Crippen LogP contribution in [0.2, 0.25) is 0 Å². The van der Waals surface area contributed by atoms with Crippen molar-refractivity contribution in [1.82, 2.24) is 0 Å². The largest absolute Gasteiger partial charge is 0.388 e. The van der Waals surface area contributed by atoms with Gasteiger partial charge in [0, 0.05) is 4.48 Å². The van der Waals surface area contributed by atoms with Crippen LogP contribution in [0.15, 0.2) is 10.6 Å². The van der Waals surface area contributed by atoms with Crippen LogP contribution in [0.25, 0.3) is 0 Å². The summed E-state index contributed by atoms with van der Waals surface area (Å²) in [6.07, 6.45) is 7.55. The third-order valence-corrected chi connectivity index (χ3v) is 2.69. The highest BCUT2D eigenvalue weighted by Crippen LogP contribution is 2.21. The molecule has 0 heterocycles. The number of rotatable bonds is 0. The summed E-state index contributed by atoms with van der Waals surface area (Å²) in [7, 11) is 0. The van der Waals surface area contributed by atoms with Crippen molar-refractivity contribution in [2.75, 3.05) is 0 Å². The van der Waals surface area contributed by atoms with Gasteiger partial charge in [0.1, 0.15) is 0 Å². The molecule has 0 aromatic carbocycles. The number of halogens is 1. The van der Waals surface area contributed by atoms with Crippen LogP contribution in [0.5, 0.6) is 0 Å². The van der Waals surface area contributed by atoms with E-state index in [1.807, 2.05) is 0 Å². The molecule has 0 saturated carbocycles. The molecule has 1 atom stereocenters. The van der Waals surface area contributed by atoms with Gasteiger partial charge in [0.15, 0.2) is 0 Å². The second kappa shape index (κ2) is 4.14. The van der Waals surface area contributed by atoms with Crippen LogP contribution in [-0.4, -0.2) is 11.2 Å². The molecule has 0 bridgehead atoms. The predicted molar refractivity (Wildman–Crippen MR) is 46.1 cm³/mol. The van der Waals surface area contributed by atoms with Gasteiger partial charge in [-0.1, -0.05) is 34.8 Å². The van der Waals surface area contributed by atoms with Crippen LogP contribution in [0, 0.1) is 0 Å². The zero-order chi connectivity index (χ0) is 7.40. The quantitative estimate of drug-likeness (QED) is 0.644. The highest BCUT2D eigenvalue weighted by molar-refractivity contribution is 9.11. The Balaban J connectivity index is 2.48. The summed E-state index contributed by atoms with van der Waals surface area (Å²) in [5.74, 6) is 0. The Labute approximate surface area is 70.3 Å². The number of hydrogen-bond donors (Lipinski definition) is 1. The van der Waals surface area contributed by atoms with E-state index in [1.54, 1.807) is 0 Å². The zero-order valence-electron chi connectivity index (χ0n) is 6.02. The molecule has 0 radical (unpaired) electrons. The van der Waals surface area contributed by atoms with Crippen LogP contribution in [0.4, 0.5) is 0 Å². The standard InChI is InChI=1S/C8H13BrO/c9-7-5-3-1-2-4-6-8(7)10/h5,8,10H,1-4,6H2. The van der Waals surface area contributed by atoms with Crippen LogP contribution in [0.3, 0.4) is 0 Å². The molecule has 0 spiro atoms. The highest BCUT2D eigenvalue weighted by Gasteiger charge is 2.08. The van der Waals surface area contributed by atoms with E-state index in [0.717, 1.165) is 23.7 Å². The van der Waals surface area contributed by atoms with E-state index in [4.69, 9.17) is 0 Å². The Morgan fingerprint density at radius 2 is 2.20 bits per heavy atom. The average Bonchev–Trinajstić information content (AvgIpc) is 1.92. The minimum Gasteiger partial charge on any atom is -0.388 e. The number of allylic oxidation sites excluding steroid dienone is 1. The molecule has 1 aliphatic rings. The summed E-state index contributed by atoms with van der Waals surface area (Å²) >= 11 is 3.35. The number of hydrogen-bond acceptors (Lipinski definition) is 1. The lowest BCUT2D eigenvalue weighted by Crippen LogP contribution is -2.07. The molecule has 10 heavy (non-hydrogen) atoms. The van der Waals surface area contributed by atoms with Gasteiger partial charge in [-0.2, -0.15) is 0 Å². The molecule has 0 amide bonds. The highest BCUT2D eigenvalue weighted by atomic mass is 79.9. The molecule has 0 aromatic heterocycles. The molecule has 2 heteroatoms. The van der Waals surface area contributed by atoms with Gasteiger partial charge in [0.2, 0.25) is 0 Å². The molecule has 1 unspecified atom stereocenters. The van der Waals surface area contributed by atoms with E-state index in [2.05, 4.69) is 22.0 Å². The smallest absolute Gasteiger partial charge is 0.0851 e. The molecular formula is C8H13BrO. The first kappa shape index (κ1) is 8.28. The SMILES string of the molecule is OC1CCCCCC=C1Br. The Morgan fingerprint density at radius 3 is 3.00 bits per heavy atom. The van der Waals surface area contributed by atoms with E-state index < -0.39 is 0 Å². The van der Waals surface area contributed by atoms with E-state index in [1.165, 1.54) is 12.8 Å². The topological polar surface area (TPSA) is 20.2 Å². The van der Waals surface area contributed by atoms with Crippen molar-refractivity contribution in [2.45, 2.75) is 38.2 Å². The van der Waals surface area contributed by atoms with Crippen molar-refractivity contribution in [1.29, 1.82) is 0 Å². The van der Waals surface area contributed by atoms with E-state index in [-0.39, 0.29) is 6.10 Å². The zero-order valence-corrected chi connectivity index (χ0v) is 7.60. The van der Waals surface area contributed by atoms with Crippen molar-refractivity contribution in [3.8, 4) is 0 Å². The first-order chi connectivity index (χ1) is 4.80. The average molecular weight is 205 g/mol. The van der Waals surface area contributed by atoms with Crippen molar-refractivity contribution in [3.05, 3.63) is 10.6 Å².